The second-order valence-electron chi connectivity index (χ2n) is 8.03. The summed E-state index contributed by atoms with van der Waals surface area (Å²) in [5.74, 6) is -1.25. The molecule has 2 aliphatic rings. The Morgan fingerprint density at radius 1 is 1.20 bits per heavy atom. The Morgan fingerprint density at radius 3 is 2.70 bits per heavy atom. The van der Waals surface area contributed by atoms with Gasteiger partial charge in [-0.1, -0.05) is 18.9 Å². The number of fused-ring (bicyclic) bond motifs is 1. The van der Waals surface area contributed by atoms with Gasteiger partial charge in [0.15, 0.2) is 0 Å². The van der Waals surface area contributed by atoms with Crippen molar-refractivity contribution >= 4 is 17.7 Å². The molecule has 8 heteroatoms. The number of nitrogens with one attached hydrogen (secondary N) is 1. The fourth-order valence-corrected chi connectivity index (χ4v) is 4.37. The number of carbonyl (C=O) groups is 3. The first-order valence-electron chi connectivity index (χ1n) is 10.5. The molecule has 0 spiro atoms. The largest absolute Gasteiger partial charge is 0.375 e. The molecular formula is C22H30FN3O4. The smallest absolute Gasteiger partial charge is 0.254 e. The van der Waals surface area contributed by atoms with Crippen molar-refractivity contribution in [1.82, 2.24) is 15.1 Å². The molecule has 164 valence electrons. The molecule has 1 saturated carbocycles. The molecule has 1 aliphatic carbocycles. The number of hydrogen-bond acceptors (Lipinski definition) is 4. The van der Waals surface area contributed by atoms with Crippen molar-refractivity contribution in [3.63, 3.8) is 0 Å². The predicted octanol–water partition coefficient (Wildman–Crippen LogP) is 1.74. The molecule has 0 bridgehead atoms. The van der Waals surface area contributed by atoms with E-state index in [9.17, 15) is 18.8 Å². The van der Waals surface area contributed by atoms with Gasteiger partial charge in [0.25, 0.3) is 5.91 Å². The Balaban J connectivity index is 1.83. The minimum absolute atomic E-state index is 0.0675. The van der Waals surface area contributed by atoms with Gasteiger partial charge in [-0.3, -0.25) is 14.4 Å². The van der Waals surface area contributed by atoms with Gasteiger partial charge in [-0.05, 0) is 37.5 Å². The lowest BCUT2D eigenvalue weighted by atomic mass is 9.82. The quantitative estimate of drug-likeness (QED) is 0.810. The Kier molecular flexibility index (Phi) is 7.42. The second-order valence-corrected chi connectivity index (χ2v) is 8.03. The van der Waals surface area contributed by atoms with Crippen LogP contribution in [0, 0.1) is 18.7 Å². The van der Waals surface area contributed by atoms with Crippen molar-refractivity contribution in [3.05, 3.63) is 35.1 Å². The van der Waals surface area contributed by atoms with E-state index in [0.717, 1.165) is 25.7 Å². The summed E-state index contributed by atoms with van der Waals surface area (Å²) in [6.07, 6.45) is 3.42. The molecular weight excluding hydrogens is 389 g/mol. The number of carbonyl (C=O) groups excluding carboxylic acids is 3. The molecule has 1 aromatic carbocycles. The molecule has 0 radical (unpaired) electrons. The van der Waals surface area contributed by atoms with Crippen molar-refractivity contribution in [2.45, 2.75) is 38.6 Å². The summed E-state index contributed by atoms with van der Waals surface area (Å²) in [7, 11) is 1.46. The summed E-state index contributed by atoms with van der Waals surface area (Å²) in [6.45, 7) is 2.82. The van der Waals surface area contributed by atoms with Gasteiger partial charge < -0.3 is 19.9 Å². The third kappa shape index (κ3) is 4.98. The molecule has 0 aromatic heterocycles. The predicted molar refractivity (Wildman–Crippen MR) is 109 cm³/mol. The number of benzene rings is 1. The van der Waals surface area contributed by atoms with Crippen LogP contribution in [0.3, 0.4) is 0 Å². The molecule has 1 aliphatic heterocycles. The normalized spacial score (nSPS) is 22.8. The van der Waals surface area contributed by atoms with Gasteiger partial charge in [0.2, 0.25) is 11.8 Å². The van der Waals surface area contributed by atoms with Crippen LogP contribution in [0.4, 0.5) is 4.39 Å². The van der Waals surface area contributed by atoms with Gasteiger partial charge in [-0.2, -0.15) is 0 Å². The van der Waals surface area contributed by atoms with Gasteiger partial charge in [-0.15, -0.1) is 0 Å². The Bertz CT molecular complexity index is 801. The summed E-state index contributed by atoms with van der Waals surface area (Å²) in [5, 5.41) is 2.92. The molecule has 3 amide bonds. The molecule has 3 rings (SSSR count). The van der Waals surface area contributed by atoms with Crippen molar-refractivity contribution in [3.8, 4) is 0 Å². The minimum atomic E-state index is -0.433. The average Bonchev–Trinajstić information content (AvgIpc) is 2.74. The Morgan fingerprint density at radius 2 is 1.97 bits per heavy atom. The first-order chi connectivity index (χ1) is 14.4. The van der Waals surface area contributed by atoms with Gasteiger partial charge in [0.05, 0.1) is 5.92 Å². The van der Waals surface area contributed by atoms with Gasteiger partial charge in [-0.25, -0.2) is 4.39 Å². The van der Waals surface area contributed by atoms with Crippen LogP contribution in [0.25, 0.3) is 0 Å². The Labute approximate surface area is 176 Å². The van der Waals surface area contributed by atoms with E-state index in [1.165, 1.54) is 13.2 Å². The van der Waals surface area contributed by atoms with E-state index >= 15 is 0 Å². The number of halogens is 1. The van der Waals surface area contributed by atoms with Crippen LogP contribution in [0.15, 0.2) is 18.2 Å². The van der Waals surface area contributed by atoms with Crippen LogP contribution >= 0.6 is 0 Å². The number of hydrogen-bond donors (Lipinski definition) is 1. The maximum atomic E-state index is 14.0. The zero-order valence-electron chi connectivity index (χ0n) is 17.7. The monoisotopic (exact) mass is 419 g/mol. The first kappa shape index (κ1) is 22.2. The van der Waals surface area contributed by atoms with E-state index in [4.69, 9.17) is 4.74 Å². The van der Waals surface area contributed by atoms with E-state index in [0.29, 0.717) is 31.7 Å². The third-order valence-electron chi connectivity index (χ3n) is 6.05. The Hall–Kier alpha value is -2.48. The van der Waals surface area contributed by atoms with E-state index in [-0.39, 0.29) is 41.9 Å². The molecule has 30 heavy (non-hydrogen) atoms. The lowest BCUT2D eigenvalue weighted by molar-refractivity contribution is -0.142. The van der Waals surface area contributed by atoms with Gasteiger partial charge in [0.1, 0.15) is 12.4 Å². The summed E-state index contributed by atoms with van der Waals surface area (Å²) in [5.41, 5.74) is 0.728. The van der Waals surface area contributed by atoms with Crippen LogP contribution in [-0.2, 0) is 14.3 Å². The molecule has 2 fully saturated rings. The summed E-state index contributed by atoms with van der Waals surface area (Å²) >= 11 is 0. The lowest BCUT2D eigenvalue weighted by Gasteiger charge is -2.41. The molecule has 7 nitrogen and oxygen atoms in total. The van der Waals surface area contributed by atoms with Crippen molar-refractivity contribution in [2.24, 2.45) is 5.92 Å². The highest BCUT2D eigenvalue weighted by molar-refractivity contribution is 5.94. The highest BCUT2D eigenvalue weighted by Crippen LogP contribution is 2.29. The standard InChI is InChI=1S/C22H30FN3O4/c1-15-7-8-16(13-18(15)23)22(29)25-10-9-24-21(28)17-5-3-4-6-19(17)26(12-11-25)20(27)14-30-2/h7-8,13,17,19H,3-6,9-12,14H2,1-2H3,(H,24,28)/t17-,19+/m0/s1. The van der Waals surface area contributed by atoms with Crippen molar-refractivity contribution in [1.29, 1.82) is 0 Å². The molecule has 0 unspecified atom stereocenters. The van der Waals surface area contributed by atoms with Crippen molar-refractivity contribution < 1.29 is 23.5 Å². The van der Waals surface area contributed by atoms with Crippen LogP contribution in [0.5, 0.6) is 0 Å². The van der Waals surface area contributed by atoms with Crippen LogP contribution in [-0.4, -0.2) is 73.5 Å². The zero-order valence-corrected chi connectivity index (χ0v) is 17.7. The fourth-order valence-electron chi connectivity index (χ4n) is 4.37. The zero-order chi connectivity index (χ0) is 21.7. The minimum Gasteiger partial charge on any atom is -0.375 e. The van der Waals surface area contributed by atoms with E-state index in [1.54, 1.807) is 28.9 Å². The number of methoxy groups -OCH3 is 1. The molecule has 1 heterocycles. The van der Waals surface area contributed by atoms with Crippen LogP contribution in [0.1, 0.15) is 41.6 Å². The second kappa shape index (κ2) is 10.0. The topological polar surface area (TPSA) is 79.0 Å². The number of aryl methyl sites for hydroxylation is 1. The average molecular weight is 419 g/mol. The van der Waals surface area contributed by atoms with Crippen LogP contribution in [0.2, 0.25) is 0 Å². The van der Waals surface area contributed by atoms with E-state index in [1.807, 2.05) is 0 Å². The van der Waals surface area contributed by atoms with E-state index in [2.05, 4.69) is 5.32 Å². The summed E-state index contributed by atoms with van der Waals surface area (Å²) in [4.78, 5) is 41.8. The highest BCUT2D eigenvalue weighted by Gasteiger charge is 2.37. The first-order valence-corrected chi connectivity index (χ1v) is 10.5. The van der Waals surface area contributed by atoms with Crippen LogP contribution < -0.4 is 5.32 Å². The van der Waals surface area contributed by atoms with E-state index < -0.39 is 5.82 Å². The van der Waals surface area contributed by atoms with Gasteiger partial charge in [0, 0.05) is 44.9 Å². The number of ether oxygens (including phenoxy) is 1. The highest BCUT2D eigenvalue weighted by atomic mass is 19.1. The SMILES string of the molecule is COCC(=O)N1CCN(C(=O)c2ccc(C)c(F)c2)CCNC(=O)[C@H]2CCCC[C@H]21. The molecule has 1 saturated heterocycles. The van der Waals surface area contributed by atoms with Gasteiger partial charge >= 0.3 is 0 Å². The molecule has 1 N–H and O–H groups in total. The molecule has 2 atom stereocenters. The summed E-state index contributed by atoms with van der Waals surface area (Å²) < 4.78 is 19.0. The maximum Gasteiger partial charge on any atom is 0.254 e. The number of amides is 3. The van der Waals surface area contributed by atoms with Crippen molar-refractivity contribution in [2.75, 3.05) is 39.9 Å². The number of rotatable bonds is 3. The number of nitrogens with zero attached hydrogens (tertiary/aromatic N) is 2. The third-order valence-corrected chi connectivity index (χ3v) is 6.05. The fraction of sp³-hybridized carbons (Fsp3) is 0.591. The maximum absolute atomic E-state index is 14.0. The summed E-state index contributed by atoms with van der Waals surface area (Å²) in [6, 6.07) is 4.21. The molecule has 1 aromatic rings. The lowest BCUT2D eigenvalue weighted by Crippen LogP contribution is -2.56.